The minimum Gasteiger partial charge on any atom is -0.318 e. The first kappa shape index (κ1) is 16.4. The molecule has 1 aromatic rings. The minimum absolute atomic E-state index is 0. The Bertz CT molecular complexity index is 350. The van der Waals surface area contributed by atoms with Crippen LogP contribution in [0, 0.1) is 20.8 Å². The maximum atomic E-state index is 3.18. The fourth-order valence-electron chi connectivity index (χ4n) is 1.86. The van der Waals surface area contributed by atoms with E-state index in [1.807, 2.05) is 7.05 Å². The molecule has 0 aliphatic rings. The smallest absolute Gasteiger partial charge is 0.0233 e. The molecule has 1 N–H and O–H groups in total. The zero-order valence-electron chi connectivity index (χ0n) is 11.6. The molecule has 98 valence electrons. The van der Waals surface area contributed by atoms with Crippen molar-refractivity contribution in [1.29, 1.82) is 0 Å². The molecule has 17 heavy (non-hydrogen) atoms. The maximum Gasteiger partial charge on any atom is 0.0233 e. The second-order valence-corrected chi connectivity index (χ2v) is 4.70. The summed E-state index contributed by atoms with van der Waals surface area (Å²) < 4.78 is 0. The van der Waals surface area contributed by atoms with Gasteiger partial charge in [-0.15, -0.1) is 12.4 Å². The number of halogens is 1. The number of nitrogens with zero attached hydrogens (tertiary/aromatic N) is 1. The lowest BCUT2D eigenvalue weighted by atomic mass is 10.0. The fourth-order valence-corrected chi connectivity index (χ4v) is 1.86. The Balaban J connectivity index is 0.00000256. The largest absolute Gasteiger partial charge is 0.318 e. The van der Waals surface area contributed by atoms with Gasteiger partial charge in [0.15, 0.2) is 0 Å². The van der Waals surface area contributed by atoms with Crippen LogP contribution in [-0.4, -0.2) is 32.1 Å². The monoisotopic (exact) mass is 256 g/mol. The highest BCUT2D eigenvalue weighted by Crippen LogP contribution is 2.16. The number of hydrogen-bond acceptors (Lipinski definition) is 2. The van der Waals surface area contributed by atoms with Crippen LogP contribution in [0.25, 0.3) is 0 Å². The molecule has 1 rings (SSSR count). The quantitative estimate of drug-likeness (QED) is 0.872. The number of aryl methyl sites for hydroxylation is 3. The predicted octanol–water partition coefficient (Wildman–Crippen LogP) is 2.68. The molecule has 0 amide bonds. The van der Waals surface area contributed by atoms with Crippen molar-refractivity contribution >= 4 is 12.4 Å². The molecule has 0 fully saturated rings. The van der Waals surface area contributed by atoms with Gasteiger partial charge in [0.2, 0.25) is 0 Å². The van der Waals surface area contributed by atoms with E-state index in [0.717, 1.165) is 19.6 Å². The van der Waals surface area contributed by atoms with Gasteiger partial charge in [-0.25, -0.2) is 0 Å². The van der Waals surface area contributed by atoms with Gasteiger partial charge in [0.1, 0.15) is 0 Å². The highest BCUT2D eigenvalue weighted by Gasteiger charge is 2.04. The van der Waals surface area contributed by atoms with Gasteiger partial charge in [0.25, 0.3) is 0 Å². The van der Waals surface area contributed by atoms with Gasteiger partial charge in [-0.1, -0.05) is 12.1 Å². The van der Waals surface area contributed by atoms with Crippen molar-refractivity contribution in [2.45, 2.75) is 27.3 Å². The van der Waals surface area contributed by atoms with Gasteiger partial charge in [0, 0.05) is 19.6 Å². The topological polar surface area (TPSA) is 15.3 Å². The zero-order chi connectivity index (χ0) is 12.1. The molecule has 2 nitrogen and oxygen atoms in total. The number of likely N-dealkylation sites (N-methyl/N-ethyl adjacent to an activating group) is 2. The molecule has 0 aliphatic heterocycles. The first-order valence-electron chi connectivity index (χ1n) is 5.94. The Morgan fingerprint density at radius 2 is 1.65 bits per heavy atom. The summed E-state index contributed by atoms with van der Waals surface area (Å²) in [4.78, 5) is 2.35. The molecule has 0 saturated heterocycles. The zero-order valence-corrected chi connectivity index (χ0v) is 12.4. The molecule has 0 radical (unpaired) electrons. The summed E-state index contributed by atoms with van der Waals surface area (Å²) in [6.07, 6.45) is 0. The van der Waals surface area contributed by atoms with Crippen molar-refractivity contribution in [3.05, 3.63) is 34.4 Å². The van der Waals surface area contributed by atoms with Crippen LogP contribution in [0.5, 0.6) is 0 Å². The van der Waals surface area contributed by atoms with Crippen molar-refractivity contribution in [2.75, 3.05) is 27.2 Å². The predicted molar refractivity (Wildman–Crippen MR) is 78.2 cm³/mol. The highest BCUT2D eigenvalue weighted by molar-refractivity contribution is 5.85. The molecular weight excluding hydrogens is 232 g/mol. The molecule has 0 atom stereocenters. The summed E-state index contributed by atoms with van der Waals surface area (Å²) >= 11 is 0. The summed E-state index contributed by atoms with van der Waals surface area (Å²) in [5, 5.41) is 3.18. The molecule has 0 unspecified atom stereocenters. The number of nitrogens with one attached hydrogen (secondary N) is 1. The van der Waals surface area contributed by atoms with E-state index < -0.39 is 0 Å². The highest BCUT2D eigenvalue weighted by atomic mass is 35.5. The van der Waals surface area contributed by atoms with E-state index in [4.69, 9.17) is 0 Å². The molecule has 0 aliphatic carbocycles. The second kappa shape index (κ2) is 7.70. The SMILES string of the molecule is CNCCN(C)Cc1cc(C)c(C)cc1C.Cl. The lowest BCUT2D eigenvalue weighted by molar-refractivity contribution is 0.327. The third-order valence-electron chi connectivity index (χ3n) is 3.14. The van der Waals surface area contributed by atoms with Crippen molar-refractivity contribution in [3.8, 4) is 0 Å². The van der Waals surface area contributed by atoms with Crippen molar-refractivity contribution in [1.82, 2.24) is 10.2 Å². The van der Waals surface area contributed by atoms with E-state index >= 15 is 0 Å². The Kier molecular flexibility index (Phi) is 7.44. The van der Waals surface area contributed by atoms with Crippen molar-refractivity contribution in [3.63, 3.8) is 0 Å². The van der Waals surface area contributed by atoms with E-state index in [2.05, 4.69) is 50.2 Å². The Hall–Kier alpha value is -0.570. The molecule has 0 saturated carbocycles. The normalized spacial score (nSPS) is 10.5. The molecule has 3 heteroatoms. The van der Waals surface area contributed by atoms with Crippen LogP contribution in [0.3, 0.4) is 0 Å². The molecule has 0 heterocycles. The molecular formula is C14H25ClN2. The van der Waals surface area contributed by atoms with Crippen LogP contribution in [0.4, 0.5) is 0 Å². The summed E-state index contributed by atoms with van der Waals surface area (Å²) in [6.45, 7) is 9.73. The summed E-state index contributed by atoms with van der Waals surface area (Å²) in [5.41, 5.74) is 5.63. The summed E-state index contributed by atoms with van der Waals surface area (Å²) in [6, 6.07) is 4.61. The van der Waals surface area contributed by atoms with E-state index in [1.54, 1.807) is 0 Å². The van der Waals surface area contributed by atoms with Gasteiger partial charge >= 0.3 is 0 Å². The van der Waals surface area contributed by atoms with Gasteiger partial charge in [0.05, 0.1) is 0 Å². The maximum absolute atomic E-state index is 3.18. The summed E-state index contributed by atoms with van der Waals surface area (Å²) in [5.74, 6) is 0. The number of rotatable bonds is 5. The van der Waals surface area contributed by atoms with Crippen molar-refractivity contribution in [2.24, 2.45) is 0 Å². The second-order valence-electron chi connectivity index (χ2n) is 4.70. The Labute approximate surface area is 112 Å². The third-order valence-corrected chi connectivity index (χ3v) is 3.14. The average molecular weight is 257 g/mol. The Morgan fingerprint density at radius 3 is 2.24 bits per heavy atom. The molecule has 1 aromatic carbocycles. The lowest BCUT2D eigenvalue weighted by Gasteiger charge is -2.18. The number of benzene rings is 1. The molecule has 0 bridgehead atoms. The minimum atomic E-state index is 0. The number of hydrogen-bond donors (Lipinski definition) is 1. The standard InChI is InChI=1S/C14H24N2.ClH/c1-11-8-13(3)14(9-12(11)2)10-16(5)7-6-15-4;/h8-9,15H,6-7,10H2,1-5H3;1H. The van der Waals surface area contributed by atoms with Crippen LogP contribution in [0.2, 0.25) is 0 Å². The first-order chi connectivity index (χ1) is 7.54. The van der Waals surface area contributed by atoms with Crippen LogP contribution in [0.15, 0.2) is 12.1 Å². The van der Waals surface area contributed by atoms with Gasteiger partial charge in [-0.2, -0.15) is 0 Å². The van der Waals surface area contributed by atoms with E-state index in [1.165, 1.54) is 22.3 Å². The lowest BCUT2D eigenvalue weighted by Crippen LogP contribution is -2.27. The molecule has 0 spiro atoms. The van der Waals surface area contributed by atoms with Crippen LogP contribution in [0.1, 0.15) is 22.3 Å². The Morgan fingerprint density at radius 1 is 1.06 bits per heavy atom. The fraction of sp³-hybridized carbons (Fsp3) is 0.571. The van der Waals surface area contributed by atoms with E-state index in [0.29, 0.717) is 0 Å². The van der Waals surface area contributed by atoms with Gasteiger partial charge < -0.3 is 10.2 Å². The van der Waals surface area contributed by atoms with Gasteiger partial charge in [-0.05, 0) is 57.1 Å². The summed E-state index contributed by atoms with van der Waals surface area (Å²) in [7, 11) is 4.17. The van der Waals surface area contributed by atoms with Crippen LogP contribution >= 0.6 is 12.4 Å². The average Bonchev–Trinajstić information content (AvgIpc) is 2.23. The third kappa shape index (κ3) is 5.07. The first-order valence-corrected chi connectivity index (χ1v) is 5.94. The molecule has 0 aromatic heterocycles. The van der Waals surface area contributed by atoms with Crippen molar-refractivity contribution < 1.29 is 0 Å². The van der Waals surface area contributed by atoms with E-state index in [-0.39, 0.29) is 12.4 Å². The van der Waals surface area contributed by atoms with Crippen LogP contribution < -0.4 is 5.32 Å². The van der Waals surface area contributed by atoms with Crippen LogP contribution in [-0.2, 0) is 6.54 Å². The van der Waals surface area contributed by atoms with E-state index in [9.17, 15) is 0 Å². The van der Waals surface area contributed by atoms with Gasteiger partial charge in [-0.3, -0.25) is 0 Å².